The number of hydrogen-bond donors (Lipinski definition) is 2. The standard InChI is InChI=1S/C7H14N2/c1-7-2-6(8)5(7)3-9-4-7/h5-6,9H,2-4,8H2,1H3. The Morgan fingerprint density at radius 2 is 2.44 bits per heavy atom. The van der Waals surface area contributed by atoms with E-state index in [1.165, 1.54) is 13.0 Å². The van der Waals surface area contributed by atoms with Crippen LogP contribution in [0.15, 0.2) is 0 Å². The molecule has 9 heavy (non-hydrogen) atoms. The summed E-state index contributed by atoms with van der Waals surface area (Å²) in [5, 5.41) is 3.38. The number of fused-ring (bicyclic) bond motifs is 1. The van der Waals surface area contributed by atoms with E-state index >= 15 is 0 Å². The van der Waals surface area contributed by atoms with Crippen LogP contribution in [0.25, 0.3) is 0 Å². The van der Waals surface area contributed by atoms with E-state index in [1.807, 2.05) is 0 Å². The van der Waals surface area contributed by atoms with Crippen LogP contribution in [0.2, 0.25) is 0 Å². The monoisotopic (exact) mass is 126 g/mol. The summed E-state index contributed by atoms with van der Waals surface area (Å²) in [7, 11) is 0. The molecule has 1 aliphatic heterocycles. The second-order valence-corrected chi connectivity index (χ2v) is 3.76. The van der Waals surface area contributed by atoms with Gasteiger partial charge in [-0.15, -0.1) is 0 Å². The van der Waals surface area contributed by atoms with E-state index in [1.54, 1.807) is 0 Å². The van der Waals surface area contributed by atoms with Crippen molar-refractivity contribution >= 4 is 0 Å². The molecule has 2 aliphatic rings. The SMILES string of the molecule is CC12CNCC1C(N)C2. The zero-order valence-corrected chi connectivity index (χ0v) is 5.85. The smallest absolute Gasteiger partial charge is 0.00907 e. The number of nitrogens with one attached hydrogen (secondary N) is 1. The highest BCUT2D eigenvalue weighted by Gasteiger charge is 2.51. The lowest BCUT2D eigenvalue weighted by Crippen LogP contribution is -2.53. The van der Waals surface area contributed by atoms with Gasteiger partial charge in [0.05, 0.1) is 0 Å². The number of rotatable bonds is 0. The van der Waals surface area contributed by atoms with Crippen LogP contribution in [0, 0.1) is 11.3 Å². The van der Waals surface area contributed by atoms with Gasteiger partial charge in [-0.25, -0.2) is 0 Å². The molecule has 2 rings (SSSR count). The average molecular weight is 126 g/mol. The quantitative estimate of drug-likeness (QED) is 0.477. The van der Waals surface area contributed by atoms with Crippen molar-refractivity contribution < 1.29 is 0 Å². The topological polar surface area (TPSA) is 38.0 Å². The van der Waals surface area contributed by atoms with Gasteiger partial charge in [-0.1, -0.05) is 6.92 Å². The molecular weight excluding hydrogens is 112 g/mol. The van der Waals surface area contributed by atoms with E-state index in [2.05, 4.69) is 12.2 Å². The zero-order chi connectivity index (χ0) is 6.48. The van der Waals surface area contributed by atoms with E-state index in [0.717, 1.165) is 12.5 Å². The lowest BCUT2D eigenvalue weighted by Gasteiger charge is -2.46. The fourth-order valence-corrected chi connectivity index (χ4v) is 2.30. The van der Waals surface area contributed by atoms with Crippen molar-refractivity contribution in [1.82, 2.24) is 5.32 Å². The zero-order valence-electron chi connectivity index (χ0n) is 5.85. The van der Waals surface area contributed by atoms with Crippen LogP contribution in [-0.2, 0) is 0 Å². The van der Waals surface area contributed by atoms with Gasteiger partial charge in [0, 0.05) is 19.1 Å². The predicted octanol–water partition coefficient (Wildman–Crippen LogP) is -0.0569. The van der Waals surface area contributed by atoms with E-state index in [-0.39, 0.29) is 0 Å². The summed E-state index contributed by atoms with van der Waals surface area (Å²) >= 11 is 0. The first-order valence-corrected chi connectivity index (χ1v) is 3.69. The molecule has 3 unspecified atom stereocenters. The molecule has 3 atom stereocenters. The molecular formula is C7H14N2. The molecule has 0 spiro atoms. The second-order valence-electron chi connectivity index (χ2n) is 3.76. The molecule has 1 heterocycles. The molecule has 3 N–H and O–H groups in total. The van der Waals surface area contributed by atoms with Crippen molar-refractivity contribution in [3.8, 4) is 0 Å². The summed E-state index contributed by atoms with van der Waals surface area (Å²) in [6.07, 6.45) is 1.23. The Morgan fingerprint density at radius 3 is 2.89 bits per heavy atom. The highest BCUT2D eigenvalue weighted by molar-refractivity contribution is 5.07. The van der Waals surface area contributed by atoms with E-state index in [9.17, 15) is 0 Å². The van der Waals surface area contributed by atoms with Gasteiger partial charge in [0.1, 0.15) is 0 Å². The van der Waals surface area contributed by atoms with Gasteiger partial charge in [0.15, 0.2) is 0 Å². The summed E-state index contributed by atoms with van der Waals surface area (Å²) in [5.74, 6) is 0.775. The first kappa shape index (κ1) is 5.69. The van der Waals surface area contributed by atoms with E-state index in [4.69, 9.17) is 5.73 Å². The Labute approximate surface area is 55.8 Å². The lowest BCUT2D eigenvalue weighted by atomic mass is 9.60. The number of nitrogens with two attached hydrogens (primary N) is 1. The van der Waals surface area contributed by atoms with Gasteiger partial charge < -0.3 is 11.1 Å². The molecule has 0 radical (unpaired) electrons. The Hall–Kier alpha value is -0.0800. The Bertz CT molecular complexity index is 135. The molecule has 52 valence electrons. The lowest BCUT2D eigenvalue weighted by molar-refractivity contribution is 0.0770. The van der Waals surface area contributed by atoms with Gasteiger partial charge in [-0.3, -0.25) is 0 Å². The first-order valence-electron chi connectivity index (χ1n) is 3.69. The molecule has 0 amide bonds. The van der Waals surface area contributed by atoms with Crippen molar-refractivity contribution in [2.45, 2.75) is 19.4 Å². The third-order valence-corrected chi connectivity index (χ3v) is 3.01. The largest absolute Gasteiger partial charge is 0.327 e. The van der Waals surface area contributed by atoms with Crippen LogP contribution in [0.5, 0.6) is 0 Å². The van der Waals surface area contributed by atoms with Crippen LogP contribution in [-0.4, -0.2) is 19.1 Å². The maximum absolute atomic E-state index is 5.81. The van der Waals surface area contributed by atoms with Crippen LogP contribution < -0.4 is 11.1 Å². The minimum absolute atomic E-state index is 0.491. The third-order valence-electron chi connectivity index (χ3n) is 3.01. The molecule has 0 aromatic carbocycles. The highest BCUT2D eigenvalue weighted by atomic mass is 15.0. The van der Waals surface area contributed by atoms with Crippen molar-refractivity contribution in [3.05, 3.63) is 0 Å². The fraction of sp³-hybridized carbons (Fsp3) is 1.00. The van der Waals surface area contributed by atoms with Crippen molar-refractivity contribution in [2.75, 3.05) is 13.1 Å². The van der Waals surface area contributed by atoms with E-state index in [0.29, 0.717) is 11.5 Å². The highest BCUT2D eigenvalue weighted by Crippen LogP contribution is 2.47. The molecule has 1 saturated heterocycles. The minimum atomic E-state index is 0.491. The summed E-state index contributed by atoms with van der Waals surface area (Å²) < 4.78 is 0. The van der Waals surface area contributed by atoms with Gasteiger partial charge in [0.2, 0.25) is 0 Å². The van der Waals surface area contributed by atoms with Crippen molar-refractivity contribution in [2.24, 2.45) is 17.1 Å². The van der Waals surface area contributed by atoms with Crippen LogP contribution in [0.3, 0.4) is 0 Å². The van der Waals surface area contributed by atoms with E-state index < -0.39 is 0 Å². The summed E-state index contributed by atoms with van der Waals surface area (Å²) in [6.45, 7) is 4.67. The van der Waals surface area contributed by atoms with Crippen LogP contribution in [0.1, 0.15) is 13.3 Å². The Kier molecular flexibility index (Phi) is 0.945. The molecule has 0 bridgehead atoms. The summed E-state index contributed by atoms with van der Waals surface area (Å²) in [6, 6.07) is 0.491. The molecule has 2 fully saturated rings. The van der Waals surface area contributed by atoms with Gasteiger partial charge >= 0.3 is 0 Å². The molecule has 1 saturated carbocycles. The molecule has 1 aliphatic carbocycles. The minimum Gasteiger partial charge on any atom is -0.327 e. The van der Waals surface area contributed by atoms with Gasteiger partial charge in [-0.2, -0.15) is 0 Å². The second kappa shape index (κ2) is 1.50. The maximum Gasteiger partial charge on any atom is 0.00907 e. The third kappa shape index (κ3) is 0.578. The summed E-state index contributed by atoms with van der Waals surface area (Å²) in [5.41, 5.74) is 6.38. The fourth-order valence-electron chi connectivity index (χ4n) is 2.30. The Balaban J connectivity index is 2.13. The molecule has 0 aromatic heterocycles. The average Bonchev–Trinajstić information content (AvgIpc) is 2.06. The first-order chi connectivity index (χ1) is 4.22. The van der Waals surface area contributed by atoms with Crippen LogP contribution >= 0.6 is 0 Å². The predicted molar refractivity (Wildman–Crippen MR) is 37.1 cm³/mol. The number of hydrogen-bond acceptors (Lipinski definition) is 2. The molecule has 2 nitrogen and oxygen atoms in total. The van der Waals surface area contributed by atoms with Crippen molar-refractivity contribution in [1.29, 1.82) is 0 Å². The van der Waals surface area contributed by atoms with Gasteiger partial charge in [0.25, 0.3) is 0 Å². The summed E-state index contributed by atoms with van der Waals surface area (Å²) in [4.78, 5) is 0. The molecule has 2 heteroatoms. The normalized spacial score (nSPS) is 56.7. The maximum atomic E-state index is 5.81. The van der Waals surface area contributed by atoms with Crippen LogP contribution in [0.4, 0.5) is 0 Å². The van der Waals surface area contributed by atoms with Gasteiger partial charge in [-0.05, 0) is 17.8 Å². The Morgan fingerprint density at radius 1 is 1.67 bits per heavy atom. The van der Waals surface area contributed by atoms with Crippen molar-refractivity contribution in [3.63, 3.8) is 0 Å². The molecule has 0 aromatic rings.